The molecule has 0 aliphatic carbocycles. The molecule has 3 rings (SSSR count). The van der Waals surface area contributed by atoms with Crippen LogP contribution >= 0.6 is 11.8 Å². The second-order valence-electron chi connectivity index (χ2n) is 5.76. The van der Waals surface area contributed by atoms with Crippen molar-refractivity contribution in [2.24, 2.45) is 4.99 Å². The van der Waals surface area contributed by atoms with Crippen LogP contribution in [0.15, 0.2) is 53.5 Å². The summed E-state index contributed by atoms with van der Waals surface area (Å²) in [4.78, 5) is 19.0. The molecular weight excluding hydrogens is 304 g/mol. The zero-order valence-corrected chi connectivity index (χ0v) is 14.3. The van der Waals surface area contributed by atoms with E-state index in [0.717, 1.165) is 22.0 Å². The summed E-state index contributed by atoms with van der Waals surface area (Å²) in [6, 6.07) is 16.2. The van der Waals surface area contributed by atoms with Crippen LogP contribution in [0.1, 0.15) is 27.0 Å². The SMILES string of the molecule is Cc1ccc(CSC2=NCCN2C(=O)c2ccc(C)cc2)cc1. The highest BCUT2D eigenvalue weighted by molar-refractivity contribution is 8.13. The molecule has 0 saturated carbocycles. The van der Waals surface area contributed by atoms with Crippen LogP contribution in [0.5, 0.6) is 0 Å². The van der Waals surface area contributed by atoms with Gasteiger partial charge in [0.2, 0.25) is 0 Å². The van der Waals surface area contributed by atoms with Gasteiger partial charge in [0.1, 0.15) is 0 Å². The van der Waals surface area contributed by atoms with Gasteiger partial charge in [0.25, 0.3) is 5.91 Å². The predicted octanol–water partition coefficient (Wildman–Crippen LogP) is 4.05. The van der Waals surface area contributed by atoms with Gasteiger partial charge in [-0.1, -0.05) is 59.3 Å². The number of amides is 1. The molecular formula is C19H20N2OS. The number of hydrogen-bond acceptors (Lipinski definition) is 3. The Labute approximate surface area is 141 Å². The van der Waals surface area contributed by atoms with Gasteiger partial charge in [-0.25, -0.2) is 0 Å². The largest absolute Gasteiger partial charge is 0.286 e. The van der Waals surface area contributed by atoms with E-state index in [1.165, 1.54) is 11.1 Å². The minimum absolute atomic E-state index is 0.0395. The minimum Gasteiger partial charge on any atom is -0.286 e. The van der Waals surface area contributed by atoms with Gasteiger partial charge in [-0.15, -0.1) is 0 Å². The maximum absolute atomic E-state index is 12.7. The minimum atomic E-state index is 0.0395. The second kappa shape index (κ2) is 7.01. The summed E-state index contributed by atoms with van der Waals surface area (Å²) in [5.74, 6) is 0.870. The van der Waals surface area contributed by atoms with Gasteiger partial charge < -0.3 is 0 Å². The fraction of sp³-hybridized carbons (Fsp3) is 0.263. The molecule has 0 bridgehead atoms. The molecule has 0 radical (unpaired) electrons. The molecule has 0 N–H and O–H groups in total. The van der Waals surface area contributed by atoms with Crippen LogP contribution < -0.4 is 0 Å². The third-order valence-electron chi connectivity index (χ3n) is 3.83. The number of aliphatic imine (C=N–C) groups is 1. The summed E-state index contributed by atoms with van der Waals surface area (Å²) < 4.78 is 0. The van der Waals surface area contributed by atoms with Gasteiger partial charge in [0.15, 0.2) is 5.17 Å². The lowest BCUT2D eigenvalue weighted by Gasteiger charge is -2.18. The first-order valence-electron chi connectivity index (χ1n) is 7.75. The molecule has 2 aromatic rings. The standard InChI is InChI=1S/C19H20N2OS/c1-14-3-7-16(8-4-14)13-23-19-20-11-12-21(19)18(22)17-9-5-15(2)6-10-17/h3-10H,11-13H2,1-2H3. The van der Waals surface area contributed by atoms with Gasteiger partial charge in [0, 0.05) is 17.9 Å². The topological polar surface area (TPSA) is 32.7 Å². The highest BCUT2D eigenvalue weighted by atomic mass is 32.2. The molecule has 23 heavy (non-hydrogen) atoms. The molecule has 0 fully saturated rings. The van der Waals surface area contributed by atoms with E-state index in [1.807, 2.05) is 31.2 Å². The summed E-state index contributed by atoms with van der Waals surface area (Å²) in [7, 11) is 0. The van der Waals surface area contributed by atoms with E-state index in [4.69, 9.17) is 0 Å². The maximum Gasteiger partial charge on any atom is 0.259 e. The number of hydrogen-bond donors (Lipinski definition) is 0. The van der Waals surface area contributed by atoms with Crippen LogP contribution in [0.4, 0.5) is 0 Å². The van der Waals surface area contributed by atoms with Crippen LogP contribution in [-0.2, 0) is 5.75 Å². The summed E-state index contributed by atoms with van der Waals surface area (Å²) in [5.41, 5.74) is 4.39. The van der Waals surface area contributed by atoms with Crippen molar-refractivity contribution < 1.29 is 4.79 Å². The Morgan fingerprint density at radius 2 is 1.65 bits per heavy atom. The Hall–Kier alpha value is -2.07. The average molecular weight is 324 g/mol. The predicted molar refractivity (Wildman–Crippen MR) is 97.0 cm³/mol. The molecule has 4 heteroatoms. The molecule has 0 atom stereocenters. The van der Waals surface area contributed by atoms with E-state index in [2.05, 4.69) is 36.2 Å². The Balaban J connectivity index is 1.66. The number of thioether (sulfide) groups is 1. The fourth-order valence-corrected chi connectivity index (χ4v) is 3.42. The van der Waals surface area contributed by atoms with E-state index < -0.39 is 0 Å². The normalized spacial score (nSPS) is 14.0. The monoisotopic (exact) mass is 324 g/mol. The fourth-order valence-electron chi connectivity index (χ4n) is 2.42. The van der Waals surface area contributed by atoms with Crippen molar-refractivity contribution in [2.45, 2.75) is 19.6 Å². The number of amidine groups is 1. The highest BCUT2D eigenvalue weighted by Crippen LogP contribution is 2.21. The average Bonchev–Trinajstić information content (AvgIpc) is 3.03. The van der Waals surface area contributed by atoms with Crippen molar-refractivity contribution in [3.63, 3.8) is 0 Å². The van der Waals surface area contributed by atoms with Crippen LogP contribution in [0.2, 0.25) is 0 Å². The first-order chi connectivity index (χ1) is 11.1. The summed E-state index contributed by atoms with van der Waals surface area (Å²) in [5, 5.41) is 0.830. The first kappa shape index (κ1) is 15.8. The van der Waals surface area contributed by atoms with Crippen LogP contribution in [0, 0.1) is 13.8 Å². The Morgan fingerprint density at radius 1 is 1.04 bits per heavy atom. The van der Waals surface area contributed by atoms with Crippen molar-refractivity contribution in [1.82, 2.24) is 4.90 Å². The van der Waals surface area contributed by atoms with E-state index in [1.54, 1.807) is 16.7 Å². The maximum atomic E-state index is 12.7. The quantitative estimate of drug-likeness (QED) is 0.853. The lowest BCUT2D eigenvalue weighted by atomic mass is 10.1. The number of nitrogens with zero attached hydrogens (tertiary/aromatic N) is 2. The van der Waals surface area contributed by atoms with Crippen LogP contribution in [0.3, 0.4) is 0 Å². The molecule has 3 nitrogen and oxygen atoms in total. The lowest BCUT2D eigenvalue weighted by Crippen LogP contribution is -2.32. The third kappa shape index (κ3) is 3.82. The smallest absolute Gasteiger partial charge is 0.259 e. The van der Waals surface area contributed by atoms with Gasteiger partial charge in [-0.3, -0.25) is 14.7 Å². The van der Waals surface area contributed by atoms with Crippen LogP contribution in [0.25, 0.3) is 0 Å². The van der Waals surface area contributed by atoms with Crippen LogP contribution in [-0.4, -0.2) is 29.1 Å². The third-order valence-corrected chi connectivity index (χ3v) is 4.92. The lowest BCUT2D eigenvalue weighted by molar-refractivity contribution is 0.0860. The molecule has 2 aromatic carbocycles. The summed E-state index contributed by atoms with van der Waals surface area (Å²) in [6.45, 7) is 5.46. The molecule has 0 spiro atoms. The number of carbonyl (C=O) groups is 1. The van der Waals surface area contributed by atoms with Crippen molar-refractivity contribution in [3.8, 4) is 0 Å². The molecule has 118 valence electrons. The first-order valence-corrected chi connectivity index (χ1v) is 8.73. The molecule has 0 saturated heterocycles. The van der Waals surface area contributed by atoms with Crippen molar-refractivity contribution in [3.05, 3.63) is 70.8 Å². The number of aryl methyl sites for hydroxylation is 2. The van der Waals surface area contributed by atoms with Gasteiger partial charge >= 0.3 is 0 Å². The second-order valence-corrected chi connectivity index (χ2v) is 6.70. The zero-order valence-electron chi connectivity index (χ0n) is 13.5. The molecule has 1 heterocycles. The number of rotatable bonds is 3. The molecule has 1 amide bonds. The number of benzene rings is 2. The van der Waals surface area contributed by atoms with Gasteiger partial charge in [-0.05, 0) is 31.5 Å². The highest BCUT2D eigenvalue weighted by Gasteiger charge is 2.24. The Bertz CT molecular complexity index is 720. The summed E-state index contributed by atoms with van der Waals surface area (Å²) >= 11 is 1.63. The van der Waals surface area contributed by atoms with Crippen molar-refractivity contribution >= 4 is 22.8 Å². The molecule has 1 aliphatic rings. The molecule has 0 aromatic heterocycles. The zero-order chi connectivity index (χ0) is 16.2. The Morgan fingerprint density at radius 3 is 2.30 bits per heavy atom. The number of carbonyl (C=O) groups excluding carboxylic acids is 1. The molecule has 0 unspecified atom stereocenters. The van der Waals surface area contributed by atoms with E-state index in [0.29, 0.717) is 13.1 Å². The Kier molecular flexibility index (Phi) is 4.82. The van der Waals surface area contributed by atoms with E-state index in [9.17, 15) is 4.79 Å². The van der Waals surface area contributed by atoms with Gasteiger partial charge in [-0.2, -0.15) is 0 Å². The van der Waals surface area contributed by atoms with Crippen molar-refractivity contribution in [1.29, 1.82) is 0 Å². The van der Waals surface area contributed by atoms with E-state index >= 15 is 0 Å². The van der Waals surface area contributed by atoms with E-state index in [-0.39, 0.29) is 5.91 Å². The van der Waals surface area contributed by atoms with Crippen molar-refractivity contribution in [2.75, 3.05) is 13.1 Å². The molecule has 1 aliphatic heterocycles. The summed E-state index contributed by atoms with van der Waals surface area (Å²) in [6.07, 6.45) is 0. The van der Waals surface area contributed by atoms with Gasteiger partial charge in [0.05, 0.1) is 6.54 Å².